The van der Waals surface area contributed by atoms with Crippen LogP contribution in [-0.2, 0) is 11.3 Å². The monoisotopic (exact) mass is 251 g/mol. The third kappa shape index (κ3) is 2.43. The first kappa shape index (κ1) is 12.1. The topological polar surface area (TPSA) is 61.4 Å². The fourth-order valence-corrected chi connectivity index (χ4v) is 3.26. The van der Waals surface area contributed by atoms with Crippen molar-refractivity contribution < 1.29 is 9.84 Å². The number of hydrogen-bond acceptors (Lipinski definition) is 4. The number of nitrogens with one attached hydrogen (secondary N) is 1. The summed E-state index contributed by atoms with van der Waals surface area (Å²) < 4.78 is 5.61. The minimum absolute atomic E-state index is 0.152. The van der Waals surface area contributed by atoms with E-state index in [1.165, 1.54) is 0 Å². The molecule has 1 saturated heterocycles. The SMILES string of the molecule is OC1CCCC1C1COCCN1Cc1cnc[nH]1. The lowest BCUT2D eigenvalue weighted by atomic mass is 9.94. The minimum atomic E-state index is -0.152. The molecule has 100 valence electrons. The van der Waals surface area contributed by atoms with Crippen LogP contribution in [0.3, 0.4) is 0 Å². The zero-order chi connectivity index (χ0) is 12.4. The Labute approximate surface area is 107 Å². The first-order valence-electron chi connectivity index (χ1n) is 6.81. The van der Waals surface area contributed by atoms with Crippen molar-refractivity contribution >= 4 is 0 Å². The Balaban J connectivity index is 1.69. The highest BCUT2D eigenvalue weighted by atomic mass is 16.5. The quantitative estimate of drug-likeness (QED) is 0.833. The summed E-state index contributed by atoms with van der Waals surface area (Å²) in [5, 5.41) is 10.1. The Bertz CT molecular complexity index is 368. The van der Waals surface area contributed by atoms with Crippen molar-refractivity contribution in [1.29, 1.82) is 0 Å². The van der Waals surface area contributed by atoms with E-state index >= 15 is 0 Å². The Morgan fingerprint density at radius 1 is 1.50 bits per heavy atom. The van der Waals surface area contributed by atoms with Crippen LogP contribution in [0.25, 0.3) is 0 Å². The standard InChI is InChI=1S/C13H21N3O2/c17-13-3-1-2-11(13)12-8-18-5-4-16(12)7-10-6-14-9-15-10/h6,9,11-13,17H,1-5,7-8H2,(H,14,15). The van der Waals surface area contributed by atoms with E-state index in [9.17, 15) is 5.11 Å². The molecule has 1 saturated carbocycles. The molecule has 0 amide bonds. The van der Waals surface area contributed by atoms with Gasteiger partial charge in [-0.2, -0.15) is 0 Å². The van der Waals surface area contributed by atoms with Gasteiger partial charge in [-0.15, -0.1) is 0 Å². The smallest absolute Gasteiger partial charge is 0.0922 e. The Morgan fingerprint density at radius 3 is 3.17 bits per heavy atom. The van der Waals surface area contributed by atoms with Gasteiger partial charge in [-0.1, -0.05) is 6.42 Å². The number of nitrogens with zero attached hydrogens (tertiary/aromatic N) is 2. The van der Waals surface area contributed by atoms with E-state index in [1.54, 1.807) is 6.33 Å². The molecule has 0 aromatic carbocycles. The van der Waals surface area contributed by atoms with Crippen LogP contribution in [0.4, 0.5) is 0 Å². The van der Waals surface area contributed by atoms with Gasteiger partial charge in [-0.05, 0) is 12.8 Å². The predicted octanol–water partition coefficient (Wildman–Crippen LogP) is 0.771. The van der Waals surface area contributed by atoms with Crippen molar-refractivity contribution in [1.82, 2.24) is 14.9 Å². The van der Waals surface area contributed by atoms with E-state index in [-0.39, 0.29) is 6.10 Å². The molecule has 5 nitrogen and oxygen atoms in total. The number of aliphatic hydroxyl groups is 1. The number of rotatable bonds is 3. The fraction of sp³-hybridized carbons (Fsp3) is 0.769. The van der Waals surface area contributed by atoms with Crippen molar-refractivity contribution in [3.8, 4) is 0 Å². The second-order valence-corrected chi connectivity index (χ2v) is 5.35. The lowest BCUT2D eigenvalue weighted by Gasteiger charge is -2.39. The minimum Gasteiger partial charge on any atom is -0.393 e. The molecule has 1 aromatic rings. The normalized spacial score (nSPS) is 33.9. The van der Waals surface area contributed by atoms with Crippen LogP contribution in [0.1, 0.15) is 25.0 Å². The van der Waals surface area contributed by atoms with E-state index in [4.69, 9.17) is 4.74 Å². The zero-order valence-electron chi connectivity index (χ0n) is 10.6. The summed E-state index contributed by atoms with van der Waals surface area (Å²) in [5.74, 6) is 0.369. The van der Waals surface area contributed by atoms with Crippen LogP contribution in [0.2, 0.25) is 0 Å². The first-order valence-corrected chi connectivity index (χ1v) is 6.81. The number of imidazole rings is 1. The third-order valence-corrected chi connectivity index (χ3v) is 4.23. The molecule has 0 spiro atoms. The average Bonchev–Trinajstić information content (AvgIpc) is 3.02. The average molecular weight is 251 g/mol. The van der Waals surface area contributed by atoms with Crippen molar-refractivity contribution in [3.05, 3.63) is 18.2 Å². The van der Waals surface area contributed by atoms with E-state index in [2.05, 4.69) is 14.9 Å². The van der Waals surface area contributed by atoms with Crippen LogP contribution in [-0.4, -0.2) is 51.9 Å². The maximum absolute atomic E-state index is 10.1. The van der Waals surface area contributed by atoms with Crippen LogP contribution in [0, 0.1) is 5.92 Å². The van der Waals surface area contributed by atoms with Crippen molar-refractivity contribution in [2.75, 3.05) is 19.8 Å². The highest BCUT2D eigenvalue weighted by Gasteiger charge is 2.37. The summed E-state index contributed by atoms with van der Waals surface area (Å²) in [7, 11) is 0. The number of morpholine rings is 1. The van der Waals surface area contributed by atoms with Crippen molar-refractivity contribution in [2.24, 2.45) is 5.92 Å². The highest BCUT2D eigenvalue weighted by Crippen LogP contribution is 2.32. The van der Waals surface area contributed by atoms with Crippen molar-refractivity contribution in [2.45, 2.75) is 38.0 Å². The summed E-state index contributed by atoms with van der Waals surface area (Å²) in [6.07, 6.45) is 6.64. The predicted molar refractivity (Wildman–Crippen MR) is 67.0 cm³/mol. The molecule has 3 rings (SSSR count). The Kier molecular flexibility index (Phi) is 3.63. The van der Waals surface area contributed by atoms with Gasteiger partial charge in [0.1, 0.15) is 0 Å². The van der Waals surface area contributed by atoms with Gasteiger partial charge in [0.25, 0.3) is 0 Å². The lowest BCUT2D eigenvalue weighted by molar-refractivity contribution is -0.0540. The highest BCUT2D eigenvalue weighted by molar-refractivity contribution is 4.97. The van der Waals surface area contributed by atoms with Crippen LogP contribution in [0.15, 0.2) is 12.5 Å². The van der Waals surface area contributed by atoms with Gasteiger partial charge in [0.2, 0.25) is 0 Å². The zero-order valence-corrected chi connectivity index (χ0v) is 10.6. The summed E-state index contributed by atoms with van der Waals surface area (Å²) in [5.41, 5.74) is 1.13. The van der Waals surface area contributed by atoms with E-state index in [0.29, 0.717) is 12.0 Å². The van der Waals surface area contributed by atoms with E-state index < -0.39 is 0 Å². The molecule has 18 heavy (non-hydrogen) atoms. The second kappa shape index (κ2) is 5.38. The molecule has 1 aliphatic carbocycles. The fourth-order valence-electron chi connectivity index (χ4n) is 3.26. The molecular weight excluding hydrogens is 230 g/mol. The molecule has 2 heterocycles. The van der Waals surface area contributed by atoms with E-state index in [1.807, 2.05) is 6.20 Å². The Morgan fingerprint density at radius 2 is 2.44 bits per heavy atom. The Hall–Kier alpha value is -0.910. The molecule has 1 aromatic heterocycles. The summed E-state index contributed by atoms with van der Waals surface area (Å²) in [6, 6.07) is 0.347. The molecule has 2 fully saturated rings. The van der Waals surface area contributed by atoms with Gasteiger partial charge < -0.3 is 14.8 Å². The van der Waals surface area contributed by atoms with E-state index in [0.717, 1.165) is 51.3 Å². The number of aromatic amines is 1. The summed E-state index contributed by atoms with van der Waals surface area (Å²) in [6.45, 7) is 3.34. The third-order valence-electron chi connectivity index (χ3n) is 4.23. The molecule has 2 N–H and O–H groups in total. The van der Waals surface area contributed by atoms with Crippen LogP contribution < -0.4 is 0 Å². The molecule has 2 aliphatic rings. The second-order valence-electron chi connectivity index (χ2n) is 5.35. The maximum Gasteiger partial charge on any atom is 0.0922 e. The molecule has 1 aliphatic heterocycles. The van der Waals surface area contributed by atoms with Gasteiger partial charge in [0, 0.05) is 36.9 Å². The molecule has 0 bridgehead atoms. The number of ether oxygens (including phenoxy) is 1. The maximum atomic E-state index is 10.1. The number of hydrogen-bond donors (Lipinski definition) is 2. The van der Waals surface area contributed by atoms with Crippen molar-refractivity contribution in [3.63, 3.8) is 0 Å². The largest absolute Gasteiger partial charge is 0.393 e. The van der Waals surface area contributed by atoms with Crippen LogP contribution >= 0.6 is 0 Å². The van der Waals surface area contributed by atoms with Gasteiger partial charge in [-0.25, -0.2) is 4.98 Å². The summed E-state index contributed by atoms with van der Waals surface area (Å²) >= 11 is 0. The molecule has 0 radical (unpaired) electrons. The molecular formula is C13H21N3O2. The number of aliphatic hydroxyl groups excluding tert-OH is 1. The van der Waals surface area contributed by atoms with Gasteiger partial charge in [0.05, 0.1) is 25.6 Å². The number of H-pyrrole nitrogens is 1. The van der Waals surface area contributed by atoms with Gasteiger partial charge >= 0.3 is 0 Å². The lowest BCUT2D eigenvalue weighted by Crippen LogP contribution is -2.50. The van der Waals surface area contributed by atoms with Gasteiger partial charge in [-0.3, -0.25) is 4.90 Å². The molecule has 3 unspecified atom stereocenters. The first-order chi connectivity index (χ1) is 8.84. The number of aromatic nitrogens is 2. The molecule has 3 atom stereocenters. The molecule has 5 heteroatoms. The summed E-state index contributed by atoms with van der Waals surface area (Å²) in [4.78, 5) is 9.64. The van der Waals surface area contributed by atoms with Crippen LogP contribution in [0.5, 0.6) is 0 Å². The van der Waals surface area contributed by atoms with Gasteiger partial charge in [0.15, 0.2) is 0 Å².